The highest BCUT2D eigenvalue weighted by atomic mass is 32.1. The van der Waals surface area contributed by atoms with E-state index in [1.165, 1.54) is 11.3 Å². The summed E-state index contributed by atoms with van der Waals surface area (Å²) in [4.78, 5) is 28.8. The summed E-state index contributed by atoms with van der Waals surface area (Å²) in [7, 11) is 0. The first-order valence-corrected chi connectivity index (χ1v) is 9.77. The predicted octanol–water partition coefficient (Wildman–Crippen LogP) is 4.24. The van der Waals surface area contributed by atoms with Gasteiger partial charge in [0.2, 0.25) is 11.8 Å². The van der Waals surface area contributed by atoms with Crippen LogP contribution in [0.2, 0.25) is 0 Å². The molecular weight excluding hydrogens is 348 g/mol. The lowest BCUT2D eigenvalue weighted by Crippen LogP contribution is -2.23. The smallest absolute Gasteiger partial charge is 0.220 e. The average Bonchev–Trinajstić information content (AvgIpc) is 3.12. The number of carbonyl (C=O) groups is 2. The standard InChI is InChI=1S/C20H26N2O3S/c1-14(2)11-15(3)25-20-12-16(8-9-21-20)13-22-19(24)7-6-17(23)18-5-4-10-26-18/h4-5,8-10,12,14-15H,6-7,11,13H2,1-3H3,(H,22,24). The van der Waals surface area contributed by atoms with Gasteiger partial charge >= 0.3 is 0 Å². The number of ketones is 1. The lowest BCUT2D eigenvalue weighted by atomic mass is 10.1. The van der Waals surface area contributed by atoms with Crippen molar-refractivity contribution in [3.63, 3.8) is 0 Å². The molecule has 2 heterocycles. The highest BCUT2D eigenvalue weighted by Gasteiger charge is 2.11. The van der Waals surface area contributed by atoms with E-state index in [0.29, 0.717) is 23.2 Å². The Labute approximate surface area is 158 Å². The van der Waals surface area contributed by atoms with Crippen LogP contribution < -0.4 is 10.1 Å². The van der Waals surface area contributed by atoms with Gasteiger partial charge in [0.1, 0.15) is 0 Å². The van der Waals surface area contributed by atoms with Gasteiger partial charge in [-0.15, -0.1) is 11.3 Å². The van der Waals surface area contributed by atoms with Crippen molar-refractivity contribution >= 4 is 23.0 Å². The van der Waals surface area contributed by atoms with Crippen LogP contribution in [-0.4, -0.2) is 22.8 Å². The molecule has 5 nitrogen and oxygen atoms in total. The molecule has 0 fully saturated rings. The van der Waals surface area contributed by atoms with Crippen molar-refractivity contribution in [3.8, 4) is 5.88 Å². The van der Waals surface area contributed by atoms with Gasteiger partial charge in [-0.2, -0.15) is 0 Å². The Bertz CT molecular complexity index is 714. The molecule has 0 saturated carbocycles. The molecule has 0 aromatic carbocycles. The van der Waals surface area contributed by atoms with Crippen LogP contribution in [0.5, 0.6) is 5.88 Å². The third-order valence-electron chi connectivity index (χ3n) is 3.79. The highest BCUT2D eigenvalue weighted by molar-refractivity contribution is 7.12. The molecule has 0 radical (unpaired) electrons. The summed E-state index contributed by atoms with van der Waals surface area (Å²) in [6.07, 6.45) is 3.15. The number of thiophene rings is 1. The first kappa shape index (κ1) is 20.1. The van der Waals surface area contributed by atoms with Gasteiger partial charge in [-0.1, -0.05) is 19.9 Å². The number of pyridine rings is 1. The van der Waals surface area contributed by atoms with Crippen molar-refractivity contribution in [3.05, 3.63) is 46.3 Å². The number of nitrogens with zero attached hydrogens (tertiary/aromatic N) is 1. The van der Waals surface area contributed by atoms with Crippen molar-refractivity contribution in [2.75, 3.05) is 0 Å². The summed E-state index contributed by atoms with van der Waals surface area (Å²) in [5.74, 6) is 0.999. The van der Waals surface area contributed by atoms with Crippen molar-refractivity contribution in [1.29, 1.82) is 0 Å². The molecule has 140 valence electrons. The van der Waals surface area contributed by atoms with Gasteiger partial charge < -0.3 is 10.1 Å². The van der Waals surface area contributed by atoms with E-state index in [9.17, 15) is 9.59 Å². The maximum absolute atomic E-state index is 12.0. The van der Waals surface area contributed by atoms with Gasteiger partial charge in [-0.05, 0) is 42.3 Å². The molecule has 0 bridgehead atoms. The van der Waals surface area contributed by atoms with E-state index < -0.39 is 0 Å². The fourth-order valence-corrected chi connectivity index (χ4v) is 3.31. The molecule has 0 aliphatic carbocycles. The molecule has 1 amide bonds. The highest BCUT2D eigenvalue weighted by Crippen LogP contribution is 2.15. The Morgan fingerprint density at radius 2 is 2.04 bits per heavy atom. The lowest BCUT2D eigenvalue weighted by molar-refractivity contribution is -0.121. The number of hydrogen-bond acceptors (Lipinski definition) is 5. The van der Waals surface area contributed by atoms with E-state index in [1.807, 2.05) is 30.5 Å². The van der Waals surface area contributed by atoms with E-state index in [0.717, 1.165) is 12.0 Å². The molecule has 1 N–H and O–H groups in total. The number of ether oxygens (including phenoxy) is 1. The zero-order valence-corrected chi connectivity index (χ0v) is 16.3. The minimum atomic E-state index is -0.137. The maximum Gasteiger partial charge on any atom is 0.220 e. The van der Waals surface area contributed by atoms with Gasteiger partial charge in [0.05, 0.1) is 11.0 Å². The van der Waals surface area contributed by atoms with E-state index >= 15 is 0 Å². The first-order chi connectivity index (χ1) is 12.4. The second-order valence-corrected chi connectivity index (χ2v) is 7.69. The van der Waals surface area contributed by atoms with Gasteiger partial charge in [-0.3, -0.25) is 9.59 Å². The molecule has 1 atom stereocenters. The van der Waals surface area contributed by atoms with Crippen LogP contribution in [0.25, 0.3) is 0 Å². The second kappa shape index (κ2) is 10.1. The van der Waals surface area contributed by atoms with E-state index in [-0.39, 0.29) is 30.6 Å². The molecule has 0 aliphatic heterocycles. The minimum Gasteiger partial charge on any atom is -0.475 e. The molecule has 0 saturated heterocycles. The number of nitrogens with one attached hydrogen (secondary N) is 1. The fourth-order valence-electron chi connectivity index (χ4n) is 2.62. The summed E-state index contributed by atoms with van der Waals surface area (Å²) in [6.45, 7) is 6.73. The van der Waals surface area contributed by atoms with E-state index in [1.54, 1.807) is 12.3 Å². The van der Waals surface area contributed by atoms with Crippen LogP contribution in [-0.2, 0) is 11.3 Å². The number of carbonyl (C=O) groups excluding carboxylic acids is 2. The summed E-state index contributed by atoms with van der Waals surface area (Å²) in [5.41, 5.74) is 0.921. The van der Waals surface area contributed by atoms with Crippen LogP contribution in [0.3, 0.4) is 0 Å². The molecule has 2 rings (SSSR count). The molecular formula is C20H26N2O3S. The van der Waals surface area contributed by atoms with Gasteiger partial charge in [0.15, 0.2) is 5.78 Å². The third kappa shape index (κ3) is 6.96. The van der Waals surface area contributed by atoms with Gasteiger partial charge in [0.25, 0.3) is 0 Å². The number of rotatable bonds is 10. The van der Waals surface area contributed by atoms with E-state index in [4.69, 9.17) is 4.74 Å². The summed E-state index contributed by atoms with van der Waals surface area (Å²) in [6, 6.07) is 7.30. The Hall–Kier alpha value is -2.21. The summed E-state index contributed by atoms with van der Waals surface area (Å²) >= 11 is 1.40. The molecule has 26 heavy (non-hydrogen) atoms. The van der Waals surface area contributed by atoms with Crippen LogP contribution in [0.15, 0.2) is 35.8 Å². The predicted molar refractivity (Wildman–Crippen MR) is 104 cm³/mol. The van der Waals surface area contributed by atoms with Crippen LogP contribution in [0, 0.1) is 5.92 Å². The number of hydrogen-bond donors (Lipinski definition) is 1. The van der Waals surface area contributed by atoms with E-state index in [2.05, 4.69) is 24.1 Å². The van der Waals surface area contributed by atoms with Gasteiger partial charge in [0, 0.05) is 31.6 Å². The van der Waals surface area contributed by atoms with Crippen LogP contribution in [0.1, 0.15) is 55.3 Å². The fraction of sp³-hybridized carbons (Fsp3) is 0.450. The Morgan fingerprint density at radius 3 is 2.73 bits per heavy atom. The normalized spacial score (nSPS) is 12.0. The number of Topliss-reactive ketones (excluding diaryl/α,β-unsaturated/α-hetero) is 1. The topological polar surface area (TPSA) is 68.3 Å². The first-order valence-electron chi connectivity index (χ1n) is 8.89. The summed E-state index contributed by atoms with van der Waals surface area (Å²) in [5, 5.41) is 4.70. The Balaban J connectivity index is 1.77. The lowest BCUT2D eigenvalue weighted by Gasteiger charge is -2.16. The molecule has 6 heteroatoms. The van der Waals surface area contributed by atoms with Gasteiger partial charge in [-0.25, -0.2) is 4.98 Å². The quantitative estimate of drug-likeness (QED) is 0.632. The summed E-state index contributed by atoms with van der Waals surface area (Å²) < 4.78 is 5.83. The molecule has 2 aromatic heterocycles. The minimum absolute atomic E-state index is 0.00823. The second-order valence-electron chi connectivity index (χ2n) is 6.74. The monoisotopic (exact) mass is 374 g/mol. The number of aromatic nitrogens is 1. The van der Waals surface area contributed by atoms with Crippen molar-refractivity contribution < 1.29 is 14.3 Å². The maximum atomic E-state index is 12.0. The SMILES string of the molecule is CC(C)CC(C)Oc1cc(CNC(=O)CCC(=O)c2cccs2)ccn1. The Kier molecular flexibility index (Phi) is 7.78. The van der Waals surface area contributed by atoms with Crippen molar-refractivity contribution in [2.45, 2.75) is 52.7 Å². The van der Waals surface area contributed by atoms with Crippen LogP contribution in [0.4, 0.5) is 0 Å². The molecule has 0 spiro atoms. The molecule has 2 aromatic rings. The third-order valence-corrected chi connectivity index (χ3v) is 4.70. The number of amides is 1. The largest absolute Gasteiger partial charge is 0.475 e. The van der Waals surface area contributed by atoms with Crippen molar-refractivity contribution in [1.82, 2.24) is 10.3 Å². The molecule has 1 unspecified atom stereocenters. The average molecular weight is 375 g/mol. The molecule has 0 aliphatic rings. The van der Waals surface area contributed by atoms with Crippen LogP contribution >= 0.6 is 11.3 Å². The Morgan fingerprint density at radius 1 is 1.23 bits per heavy atom. The van der Waals surface area contributed by atoms with Crippen molar-refractivity contribution in [2.24, 2.45) is 5.92 Å². The zero-order valence-electron chi connectivity index (χ0n) is 15.5. The zero-order chi connectivity index (χ0) is 18.9.